The number of hydrogen-bond acceptors (Lipinski definition) is 4. The van der Waals surface area contributed by atoms with Gasteiger partial charge in [-0.25, -0.2) is 9.59 Å². The summed E-state index contributed by atoms with van der Waals surface area (Å²) in [6.07, 6.45) is 6.42. The molecule has 146 valence electrons. The third-order valence-corrected chi connectivity index (χ3v) is 4.17. The molecular weight excluding hydrogens is 328 g/mol. The zero-order chi connectivity index (χ0) is 19.4. The predicted octanol–water partition coefficient (Wildman–Crippen LogP) is 5.65. The number of carbonyl (C=O) groups excluding carboxylic acids is 2. The third kappa shape index (κ3) is 9.59. The zero-order valence-corrected chi connectivity index (χ0v) is 16.8. The molecule has 26 heavy (non-hydrogen) atoms. The molecule has 0 amide bonds. The number of carbonyl (C=O) groups is 2. The lowest BCUT2D eigenvalue weighted by atomic mass is 10.0. The summed E-state index contributed by atoms with van der Waals surface area (Å²) in [4.78, 5) is 24.2. The summed E-state index contributed by atoms with van der Waals surface area (Å²) in [5.41, 5.74) is 0.778. The minimum atomic E-state index is -0.398. The second kappa shape index (κ2) is 12.5. The van der Waals surface area contributed by atoms with Crippen molar-refractivity contribution in [1.82, 2.24) is 0 Å². The van der Waals surface area contributed by atoms with Gasteiger partial charge in [0.05, 0.1) is 24.3 Å². The summed E-state index contributed by atoms with van der Waals surface area (Å²) in [5.74, 6) is 0.445. The van der Waals surface area contributed by atoms with E-state index in [9.17, 15) is 9.59 Å². The number of benzene rings is 1. The van der Waals surface area contributed by atoms with Crippen LogP contribution in [-0.4, -0.2) is 25.2 Å². The topological polar surface area (TPSA) is 52.6 Å². The van der Waals surface area contributed by atoms with E-state index in [1.54, 1.807) is 24.3 Å². The van der Waals surface area contributed by atoms with Crippen LogP contribution in [0, 0.1) is 11.8 Å². The van der Waals surface area contributed by atoms with Crippen molar-refractivity contribution < 1.29 is 19.1 Å². The molecule has 0 aromatic heterocycles. The first-order valence-corrected chi connectivity index (χ1v) is 9.84. The van der Waals surface area contributed by atoms with Gasteiger partial charge in [-0.05, 0) is 42.9 Å². The molecule has 4 nitrogen and oxygen atoms in total. The first kappa shape index (κ1) is 22.2. The highest BCUT2D eigenvalue weighted by Gasteiger charge is 2.12. The monoisotopic (exact) mass is 362 g/mol. The fourth-order valence-corrected chi connectivity index (χ4v) is 2.50. The maximum atomic E-state index is 12.1. The lowest BCUT2D eigenvalue weighted by Crippen LogP contribution is -2.11. The molecule has 1 rings (SSSR count). The lowest BCUT2D eigenvalue weighted by molar-refractivity contribution is 0.0488. The van der Waals surface area contributed by atoms with Gasteiger partial charge in [0, 0.05) is 0 Å². The standard InChI is InChI=1S/C22H34O4/c1-17(2)10-7-5-6-8-14-25-21(23)19-11-9-12-20(16-19)22(24)26-15-13-18(3)4/h9,11-12,16-18H,5-8,10,13-15H2,1-4H3. The Kier molecular flexibility index (Phi) is 10.7. The van der Waals surface area contributed by atoms with Crippen LogP contribution in [0.4, 0.5) is 0 Å². The number of unbranched alkanes of at least 4 members (excludes halogenated alkanes) is 3. The number of rotatable bonds is 12. The molecule has 0 saturated carbocycles. The molecule has 0 atom stereocenters. The molecule has 0 N–H and O–H groups in total. The number of hydrogen-bond donors (Lipinski definition) is 0. The summed E-state index contributed by atoms with van der Waals surface area (Å²) >= 11 is 0. The van der Waals surface area contributed by atoms with E-state index in [1.807, 2.05) is 0 Å². The highest BCUT2D eigenvalue weighted by Crippen LogP contribution is 2.12. The van der Waals surface area contributed by atoms with E-state index in [4.69, 9.17) is 9.47 Å². The van der Waals surface area contributed by atoms with Gasteiger partial charge >= 0.3 is 11.9 Å². The van der Waals surface area contributed by atoms with Gasteiger partial charge in [-0.15, -0.1) is 0 Å². The molecule has 1 aromatic carbocycles. The molecule has 4 heteroatoms. The SMILES string of the molecule is CC(C)CCCCCCOC(=O)c1cccc(C(=O)OCCC(C)C)c1. The molecule has 0 heterocycles. The van der Waals surface area contributed by atoms with E-state index >= 15 is 0 Å². The van der Waals surface area contributed by atoms with Crippen LogP contribution in [-0.2, 0) is 9.47 Å². The van der Waals surface area contributed by atoms with Gasteiger partial charge in [-0.1, -0.05) is 59.4 Å². The van der Waals surface area contributed by atoms with E-state index in [0.29, 0.717) is 30.3 Å². The molecule has 0 bridgehead atoms. The average Bonchev–Trinajstić information content (AvgIpc) is 2.60. The second-order valence-electron chi connectivity index (χ2n) is 7.63. The normalized spacial score (nSPS) is 11.0. The molecule has 0 aliphatic carbocycles. The Balaban J connectivity index is 2.34. The first-order chi connectivity index (χ1) is 12.4. The molecule has 0 unspecified atom stereocenters. The largest absolute Gasteiger partial charge is 0.462 e. The Morgan fingerprint density at radius 3 is 1.88 bits per heavy atom. The fourth-order valence-electron chi connectivity index (χ4n) is 2.50. The highest BCUT2D eigenvalue weighted by molar-refractivity contribution is 5.95. The van der Waals surface area contributed by atoms with Crippen LogP contribution in [0.1, 0.15) is 86.9 Å². The molecule has 0 spiro atoms. The maximum absolute atomic E-state index is 12.1. The van der Waals surface area contributed by atoms with Crippen molar-refractivity contribution in [3.8, 4) is 0 Å². The molecule has 1 aromatic rings. The average molecular weight is 363 g/mol. The van der Waals surface area contributed by atoms with Crippen LogP contribution in [0.2, 0.25) is 0 Å². The number of ether oxygens (including phenoxy) is 2. The van der Waals surface area contributed by atoms with Gasteiger partial charge in [0.1, 0.15) is 0 Å². The van der Waals surface area contributed by atoms with Crippen molar-refractivity contribution in [2.75, 3.05) is 13.2 Å². The molecule has 0 radical (unpaired) electrons. The summed E-state index contributed by atoms with van der Waals surface area (Å²) in [6.45, 7) is 9.43. The van der Waals surface area contributed by atoms with Crippen LogP contribution in [0.15, 0.2) is 24.3 Å². The Morgan fingerprint density at radius 1 is 0.769 bits per heavy atom. The van der Waals surface area contributed by atoms with Crippen molar-refractivity contribution in [3.63, 3.8) is 0 Å². The minimum absolute atomic E-state index is 0.385. The molecule has 0 saturated heterocycles. The van der Waals surface area contributed by atoms with Crippen LogP contribution < -0.4 is 0 Å². The zero-order valence-electron chi connectivity index (χ0n) is 16.8. The molecule has 0 aliphatic rings. The van der Waals surface area contributed by atoms with E-state index in [-0.39, 0.29) is 5.97 Å². The number of esters is 2. The van der Waals surface area contributed by atoms with Gasteiger partial charge < -0.3 is 9.47 Å². The quantitative estimate of drug-likeness (QED) is 0.356. The molecular formula is C22H34O4. The maximum Gasteiger partial charge on any atom is 0.338 e. The van der Waals surface area contributed by atoms with E-state index in [0.717, 1.165) is 25.2 Å². The van der Waals surface area contributed by atoms with Gasteiger partial charge in [0.25, 0.3) is 0 Å². The van der Waals surface area contributed by atoms with E-state index in [2.05, 4.69) is 27.7 Å². The van der Waals surface area contributed by atoms with Gasteiger partial charge in [0.15, 0.2) is 0 Å². The third-order valence-electron chi connectivity index (χ3n) is 4.17. The van der Waals surface area contributed by atoms with Gasteiger partial charge in [0.2, 0.25) is 0 Å². The first-order valence-electron chi connectivity index (χ1n) is 9.84. The van der Waals surface area contributed by atoms with Gasteiger partial charge in [-0.3, -0.25) is 0 Å². The van der Waals surface area contributed by atoms with Crippen LogP contribution in [0.3, 0.4) is 0 Å². The highest BCUT2D eigenvalue weighted by atomic mass is 16.5. The van der Waals surface area contributed by atoms with Crippen molar-refractivity contribution in [1.29, 1.82) is 0 Å². The van der Waals surface area contributed by atoms with Crippen LogP contribution in [0.5, 0.6) is 0 Å². The predicted molar refractivity (Wildman–Crippen MR) is 104 cm³/mol. The summed E-state index contributed by atoms with van der Waals surface area (Å²) < 4.78 is 10.5. The van der Waals surface area contributed by atoms with Crippen LogP contribution in [0.25, 0.3) is 0 Å². The van der Waals surface area contributed by atoms with Crippen molar-refractivity contribution in [3.05, 3.63) is 35.4 Å². The molecule has 0 aliphatic heterocycles. The Hall–Kier alpha value is -1.84. The Labute approximate surface area is 158 Å². The second-order valence-corrected chi connectivity index (χ2v) is 7.63. The fraction of sp³-hybridized carbons (Fsp3) is 0.636. The van der Waals surface area contributed by atoms with Crippen LogP contribution >= 0.6 is 0 Å². The minimum Gasteiger partial charge on any atom is -0.462 e. The van der Waals surface area contributed by atoms with Crippen molar-refractivity contribution in [2.24, 2.45) is 11.8 Å². The van der Waals surface area contributed by atoms with Gasteiger partial charge in [-0.2, -0.15) is 0 Å². The lowest BCUT2D eigenvalue weighted by Gasteiger charge is -2.08. The van der Waals surface area contributed by atoms with Crippen molar-refractivity contribution in [2.45, 2.75) is 66.2 Å². The van der Waals surface area contributed by atoms with E-state index in [1.165, 1.54) is 19.3 Å². The summed E-state index contributed by atoms with van der Waals surface area (Å²) in [5, 5.41) is 0. The van der Waals surface area contributed by atoms with E-state index < -0.39 is 5.97 Å². The molecule has 0 fully saturated rings. The Bertz CT molecular complexity index is 549. The summed E-state index contributed by atoms with van der Waals surface area (Å²) in [7, 11) is 0. The van der Waals surface area contributed by atoms with Crippen molar-refractivity contribution >= 4 is 11.9 Å². The smallest absolute Gasteiger partial charge is 0.338 e. The summed E-state index contributed by atoms with van der Waals surface area (Å²) in [6, 6.07) is 6.54. The Morgan fingerprint density at radius 2 is 1.31 bits per heavy atom.